The Hall–Kier alpha value is -0.340. The lowest BCUT2D eigenvalue weighted by Gasteiger charge is -2.16. The molecule has 8 heteroatoms. The van der Waals surface area contributed by atoms with Crippen LogP contribution in [0, 0.1) is 7.14 Å². The number of phenols is 1. The average molecular weight is 651 g/mol. The number of ether oxygens (including phenoxy) is 1. The Bertz CT molecular complexity index is 739. The molecule has 4 N–H and O–H groups in total. The summed E-state index contributed by atoms with van der Waals surface area (Å²) in [5.74, 6) is 0.450. The van der Waals surface area contributed by atoms with Gasteiger partial charge in [-0.2, -0.15) is 0 Å². The van der Waals surface area contributed by atoms with Gasteiger partial charge in [0.1, 0.15) is 23.3 Å². The Labute approximate surface area is 174 Å². The van der Waals surface area contributed by atoms with Gasteiger partial charge in [-0.15, -0.1) is 0 Å². The van der Waals surface area contributed by atoms with E-state index in [2.05, 4.69) is 22.6 Å². The molecule has 0 aliphatic heterocycles. The van der Waals surface area contributed by atoms with Gasteiger partial charge in [-0.3, -0.25) is 4.79 Å². The van der Waals surface area contributed by atoms with Crippen LogP contribution in [0.15, 0.2) is 36.4 Å². The predicted octanol–water partition coefficient (Wildman–Crippen LogP) is 4.28. The standard InChI is InChI=1S/C15H12I3NO4/c16-9-6-8(2-3-11(9)20)23-12-4-1-7(5-10(12)17)13(18)14(19)15(21)22/h1-6,13-14,20H,19H2,(H,21,22)/t13-,14+/m0/s1. The summed E-state index contributed by atoms with van der Waals surface area (Å²) < 4.78 is 7.03. The Morgan fingerprint density at radius 2 is 1.83 bits per heavy atom. The number of benzene rings is 2. The first-order valence-electron chi connectivity index (χ1n) is 6.38. The van der Waals surface area contributed by atoms with Crippen molar-refractivity contribution < 1.29 is 19.7 Å². The first-order chi connectivity index (χ1) is 10.8. The summed E-state index contributed by atoms with van der Waals surface area (Å²) in [5, 5.41) is 18.5. The fourth-order valence-electron chi connectivity index (χ4n) is 1.78. The Kier molecular flexibility index (Phi) is 6.74. The fraction of sp³-hybridized carbons (Fsp3) is 0.133. The quantitative estimate of drug-likeness (QED) is 0.332. The molecule has 2 atom stereocenters. The summed E-state index contributed by atoms with van der Waals surface area (Å²) in [6.07, 6.45) is 0. The molecule has 0 amide bonds. The molecule has 0 aromatic heterocycles. The number of hydrogen-bond acceptors (Lipinski definition) is 4. The normalized spacial score (nSPS) is 13.4. The van der Waals surface area contributed by atoms with Crippen molar-refractivity contribution in [2.75, 3.05) is 0 Å². The molecule has 122 valence electrons. The second-order valence-electron chi connectivity index (χ2n) is 4.67. The summed E-state index contributed by atoms with van der Waals surface area (Å²) in [7, 11) is 0. The predicted molar refractivity (Wildman–Crippen MR) is 112 cm³/mol. The first kappa shape index (κ1) is 19.0. The molecule has 23 heavy (non-hydrogen) atoms. The first-order valence-corrected chi connectivity index (χ1v) is 9.78. The summed E-state index contributed by atoms with van der Waals surface area (Å²) in [6, 6.07) is 9.49. The topological polar surface area (TPSA) is 92.8 Å². The van der Waals surface area contributed by atoms with E-state index in [0.717, 1.165) is 9.13 Å². The number of phenolic OH excluding ortho intramolecular Hbond substituents is 1. The third kappa shape index (κ3) is 4.82. The monoisotopic (exact) mass is 651 g/mol. The summed E-state index contributed by atoms with van der Waals surface area (Å²) in [5.41, 5.74) is 6.50. The van der Waals surface area contributed by atoms with Gasteiger partial charge in [-0.1, -0.05) is 28.7 Å². The molecule has 0 aliphatic rings. The number of carbonyl (C=O) groups is 1. The van der Waals surface area contributed by atoms with E-state index in [0.29, 0.717) is 15.1 Å². The van der Waals surface area contributed by atoms with E-state index in [1.165, 1.54) is 0 Å². The second-order valence-corrected chi connectivity index (χ2v) is 8.34. The highest BCUT2D eigenvalue weighted by molar-refractivity contribution is 14.1. The molecule has 2 aromatic rings. The van der Waals surface area contributed by atoms with Crippen molar-refractivity contribution in [1.29, 1.82) is 0 Å². The van der Waals surface area contributed by atoms with Crippen LogP contribution in [0.3, 0.4) is 0 Å². The molecule has 0 bridgehead atoms. The number of rotatable bonds is 5. The molecule has 0 radical (unpaired) electrons. The highest BCUT2D eigenvalue weighted by Gasteiger charge is 2.23. The van der Waals surface area contributed by atoms with Crippen molar-refractivity contribution in [1.82, 2.24) is 0 Å². The van der Waals surface area contributed by atoms with Crippen LogP contribution in [-0.4, -0.2) is 22.2 Å². The van der Waals surface area contributed by atoms with Gasteiger partial charge in [0.2, 0.25) is 0 Å². The van der Waals surface area contributed by atoms with E-state index in [1.54, 1.807) is 24.3 Å². The van der Waals surface area contributed by atoms with Crippen molar-refractivity contribution in [2.45, 2.75) is 9.97 Å². The van der Waals surface area contributed by atoms with Crippen LogP contribution in [-0.2, 0) is 4.79 Å². The largest absolute Gasteiger partial charge is 0.507 e. The third-order valence-electron chi connectivity index (χ3n) is 3.02. The maximum Gasteiger partial charge on any atom is 0.321 e. The van der Waals surface area contributed by atoms with Gasteiger partial charge in [-0.05, 0) is 81.1 Å². The van der Waals surface area contributed by atoms with Gasteiger partial charge < -0.3 is 20.7 Å². The molecular weight excluding hydrogens is 639 g/mol. The van der Waals surface area contributed by atoms with E-state index >= 15 is 0 Å². The number of nitrogens with two attached hydrogens (primary N) is 1. The fourth-order valence-corrected chi connectivity index (χ4v) is 3.61. The Balaban J connectivity index is 2.22. The van der Waals surface area contributed by atoms with Gasteiger partial charge >= 0.3 is 5.97 Å². The minimum absolute atomic E-state index is 0.207. The van der Waals surface area contributed by atoms with Crippen molar-refractivity contribution in [3.05, 3.63) is 49.1 Å². The van der Waals surface area contributed by atoms with Gasteiger partial charge in [-0.25, -0.2) is 0 Å². The SMILES string of the molecule is N[C@@H](C(=O)O)[C@@H](I)c1ccc(Oc2ccc(O)c(I)c2)c(I)c1. The van der Waals surface area contributed by atoms with E-state index in [1.807, 2.05) is 57.3 Å². The molecule has 0 unspecified atom stereocenters. The highest BCUT2D eigenvalue weighted by Crippen LogP contribution is 2.34. The molecule has 2 rings (SSSR count). The average Bonchev–Trinajstić information content (AvgIpc) is 2.51. The molecule has 0 saturated heterocycles. The van der Waals surface area contributed by atoms with E-state index in [-0.39, 0.29) is 9.67 Å². The molecule has 0 saturated carbocycles. The number of hydrogen-bond donors (Lipinski definition) is 3. The van der Waals surface area contributed by atoms with E-state index < -0.39 is 12.0 Å². The van der Waals surface area contributed by atoms with E-state index in [9.17, 15) is 9.90 Å². The number of aliphatic carboxylic acids is 1. The van der Waals surface area contributed by atoms with Crippen LogP contribution >= 0.6 is 67.8 Å². The van der Waals surface area contributed by atoms with Crippen molar-refractivity contribution in [2.24, 2.45) is 5.73 Å². The Morgan fingerprint density at radius 1 is 1.13 bits per heavy atom. The van der Waals surface area contributed by atoms with Gasteiger partial charge in [0.25, 0.3) is 0 Å². The highest BCUT2D eigenvalue weighted by atomic mass is 127. The number of carboxylic acid groups (broad SMARTS) is 1. The zero-order chi connectivity index (χ0) is 17.1. The number of halogens is 3. The number of aromatic hydroxyl groups is 1. The molecule has 5 nitrogen and oxygen atoms in total. The number of alkyl halides is 1. The maximum absolute atomic E-state index is 11.0. The molecular formula is C15H12I3NO4. The van der Waals surface area contributed by atoms with Crippen LogP contribution in [0.5, 0.6) is 17.2 Å². The van der Waals surface area contributed by atoms with Crippen molar-refractivity contribution in [3.8, 4) is 17.2 Å². The van der Waals surface area contributed by atoms with Crippen molar-refractivity contribution >= 4 is 73.7 Å². The third-order valence-corrected chi connectivity index (χ3v) is 6.22. The van der Waals surface area contributed by atoms with Crippen molar-refractivity contribution in [3.63, 3.8) is 0 Å². The minimum atomic E-state index is -1.03. The molecule has 0 fully saturated rings. The second kappa shape index (κ2) is 8.16. The molecule has 2 aromatic carbocycles. The van der Waals surface area contributed by atoms with E-state index in [4.69, 9.17) is 15.6 Å². The van der Waals surface area contributed by atoms with Gasteiger partial charge in [0.05, 0.1) is 11.1 Å². The van der Waals surface area contributed by atoms with Crippen LogP contribution in [0.2, 0.25) is 0 Å². The zero-order valence-electron chi connectivity index (χ0n) is 11.5. The summed E-state index contributed by atoms with van der Waals surface area (Å²) in [4.78, 5) is 11.0. The molecule has 0 spiro atoms. The number of carboxylic acids is 1. The summed E-state index contributed by atoms with van der Waals surface area (Å²) >= 11 is 6.19. The summed E-state index contributed by atoms with van der Waals surface area (Å²) in [6.45, 7) is 0. The lowest BCUT2D eigenvalue weighted by Crippen LogP contribution is -2.33. The van der Waals surface area contributed by atoms with Crippen LogP contribution in [0.4, 0.5) is 0 Å². The minimum Gasteiger partial charge on any atom is -0.507 e. The maximum atomic E-state index is 11.0. The molecule has 0 heterocycles. The zero-order valence-corrected chi connectivity index (χ0v) is 18.0. The smallest absolute Gasteiger partial charge is 0.321 e. The lowest BCUT2D eigenvalue weighted by molar-refractivity contribution is -0.138. The van der Waals surface area contributed by atoms with Crippen LogP contribution in [0.25, 0.3) is 0 Å². The molecule has 0 aliphatic carbocycles. The van der Waals surface area contributed by atoms with Crippen LogP contribution in [0.1, 0.15) is 9.49 Å². The lowest BCUT2D eigenvalue weighted by atomic mass is 10.1. The van der Waals surface area contributed by atoms with Gasteiger partial charge in [0.15, 0.2) is 0 Å². The van der Waals surface area contributed by atoms with Gasteiger partial charge in [0, 0.05) is 0 Å². The van der Waals surface area contributed by atoms with Crippen LogP contribution < -0.4 is 10.5 Å². The Morgan fingerprint density at radius 3 is 2.39 bits per heavy atom.